The summed E-state index contributed by atoms with van der Waals surface area (Å²) in [6.45, 7) is 3.88. The summed E-state index contributed by atoms with van der Waals surface area (Å²) in [7, 11) is 0. The van der Waals surface area contributed by atoms with Crippen molar-refractivity contribution in [3.05, 3.63) is 44.9 Å². The number of hydrogen-bond donors (Lipinski definition) is 2. The molecule has 24 heavy (non-hydrogen) atoms. The first-order valence-electron chi connectivity index (χ1n) is 7.98. The van der Waals surface area contributed by atoms with Crippen LogP contribution in [0.4, 0.5) is 0 Å². The number of hydrogen-bond acceptors (Lipinski definition) is 5. The Morgan fingerprint density at radius 1 is 1.46 bits per heavy atom. The highest BCUT2D eigenvalue weighted by atomic mass is 35.5. The molecule has 5 nitrogen and oxygen atoms in total. The lowest BCUT2D eigenvalue weighted by atomic mass is 10.2. The van der Waals surface area contributed by atoms with E-state index in [9.17, 15) is 4.79 Å². The molecule has 7 heteroatoms. The number of ether oxygens (including phenoxy) is 1. The van der Waals surface area contributed by atoms with E-state index in [2.05, 4.69) is 15.6 Å². The molecule has 0 spiro atoms. The molecule has 1 saturated heterocycles. The molecule has 128 valence electrons. The Hall–Kier alpha value is -1.63. The van der Waals surface area contributed by atoms with Gasteiger partial charge in [0.25, 0.3) is 5.91 Å². The summed E-state index contributed by atoms with van der Waals surface area (Å²) in [4.78, 5) is 17.4. The summed E-state index contributed by atoms with van der Waals surface area (Å²) < 4.78 is 5.68. The molecule has 1 aliphatic heterocycles. The van der Waals surface area contributed by atoms with Crippen LogP contribution in [-0.2, 0) is 6.61 Å². The second-order valence-electron chi connectivity index (χ2n) is 5.77. The Morgan fingerprint density at radius 3 is 2.96 bits per heavy atom. The van der Waals surface area contributed by atoms with Crippen molar-refractivity contribution in [1.29, 1.82) is 0 Å². The van der Waals surface area contributed by atoms with Crippen molar-refractivity contribution in [2.24, 2.45) is 0 Å². The number of halogens is 1. The first-order valence-corrected chi connectivity index (χ1v) is 9.17. The molecule has 1 amide bonds. The van der Waals surface area contributed by atoms with Gasteiger partial charge in [0.05, 0.1) is 5.69 Å². The third kappa shape index (κ3) is 4.47. The van der Waals surface area contributed by atoms with E-state index in [0.717, 1.165) is 29.4 Å². The fourth-order valence-electron chi connectivity index (χ4n) is 2.63. The molecule has 1 aromatic heterocycles. The van der Waals surface area contributed by atoms with E-state index in [1.807, 2.05) is 19.1 Å². The van der Waals surface area contributed by atoms with Gasteiger partial charge in [-0.1, -0.05) is 11.6 Å². The van der Waals surface area contributed by atoms with Gasteiger partial charge in [-0.25, -0.2) is 4.98 Å². The van der Waals surface area contributed by atoms with Gasteiger partial charge in [0.15, 0.2) is 0 Å². The standard InChI is InChI=1S/C17H20ClN3O2S/c1-11-16(17(22)20-9-13-3-2-8-19-13)24-15(21-11)10-23-14-6-4-12(18)5-7-14/h4-7,13,19H,2-3,8-10H2,1H3,(H,20,22). The van der Waals surface area contributed by atoms with Crippen LogP contribution >= 0.6 is 22.9 Å². The van der Waals surface area contributed by atoms with Crippen molar-refractivity contribution in [1.82, 2.24) is 15.6 Å². The van der Waals surface area contributed by atoms with Gasteiger partial charge in [-0.2, -0.15) is 0 Å². The second kappa shape index (κ2) is 7.96. The van der Waals surface area contributed by atoms with E-state index >= 15 is 0 Å². The Morgan fingerprint density at radius 2 is 2.25 bits per heavy atom. The summed E-state index contributed by atoms with van der Waals surface area (Å²) in [6.07, 6.45) is 2.29. The second-order valence-corrected chi connectivity index (χ2v) is 7.29. The summed E-state index contributed by atoms with van der Waals surface area (Å²) in [5.74, 6) is 0.669. The number of carbonyl (C=O) groups excluding carboxylic acids is 1. The highest BCUT2D eigenvalue weighted by Gasteiger charge is 2.18. The first-order chi connectivity index (χ1) is 11.6. The lowest BCUT2D eigenvalue weighted by Gasteiger charge is -2.10. The lowest BCUT2D eigenvalue weighted by Crippen LogP contribution is -2.37. The van der Waals surface area contributed by atoms with Crippen LogP contribution < -0.4 is 15.4 Å². The quantitative estimate of drug-likeness (QED) is 0.825. The third-order valence-electron chi connectivity index (χ3n) is 3.89. The zero-order valence-electron chi connectivity index (χ0n) is 13.5. The maximum absolute atomic E-state index is 12.3. The van der Waals surface area contributed by atoms with Crippen molar-refractivity contribution < 1.29 is 9.53 Å². The summed E-state index contributed by atoms with van der Waals surface area (Å²) >= 11 is 7.23. The van der Waals surface area contributed by atoms with E-state index < -0.39 is 0 Å². The summed E-state index contributed by atoms with van der Waals surface area (Å²) in [5, 5.41) is 7.81. The smallest absolute Gasteiger partial charge is 0.263 e. The molecule has 0 aliphatic carbocycles. The van der Waals surface area contributed by atoms with Gasteiger partial charge in [-0.05, 0) is 50.6 Å². The minimum absolute atomic E-state index is 0.0588. The number of carbonyl (C=O) groups is 1. The van der Waals surface area contributed by atoms with E-state index in [0.29, 0.717) is 29.1 Å². The van der Waals surface area contributed by atoms with E-state index in [1.54, 1.807) is 12.1 Å². The monoisotopic (exact) mass is 365 g/mol. The highest BCUT2D eigenvalue weighted by molar-refractivity contribution is 7.13. The predicted octanol–water partition coefficient (Wildman–Crippen LogP) is 3.17. The number of aryl methyl sites for hydroxylation is 1. The predicted molar refractivity (Wildman–Crippen MR) is 96.0 cm³/mol. The maximum atomic E-state index is 12.3. The molecule has 0 radical (unpaired) electrons. The molecule has 1 fully saturated rings. The molecular weight excluding hydrogens is 346 g/mol. The van der Waals surface area contributed by atoms with Crippen LogP contribution in [0.5, 0.6) is 5.75 Å². The topological polar surface area (TPSA) is 63.2 Å². The van der Waals surface area contributed by atoms with Crippen LogP contribution in [0.25, 0.3) is 0 Å². The van der Waals surface area contributed by atoms with Gasteiger partial charge in [-0.15, -0.1) is 11.3 Å². The molecule has 1 aliphatic rings. The van der Waals surface area contributed by atoms with Crippen molar-refractivity contribution in [3.8, 4) is 5.75 Å². The van der Waals surface area contributed by atoms with Crippen LogP contribution in [0.1, 0.15) is 33.2 Å². The number of aromatic nitrogens is 1. The summed E-state index contributed by atoms with van der Waals surface area (Å²) in [5.41, 5.74) is 0.742. The minimum Gasteiger partial charge on any atom is -0.486 e. The molecule has 2 heterocycles. The zero-order valence-corrected chi connectivity index (χ0v) is 15.0. The zero-order chi connectivity index (χ0) is 16.9. The normalized spacial score (nSPS) is 17.0. The molecule has 0 bridgehead atoms. The average Bonchev–Trinajstić information content (AvgIpc) is 3.22. The first kappa shape index (κ1) is 17.2. The van der Waals surface area contributed by atoms with Crippen molar-refractivity contribution >= 4 is 28.8 Å². The molecule has 3 rings (SSSR count). The maximum Gasteiger partial charge on any atom is 0.263 e. The number of amides is 1. The average molecular weight is 366 g/mol. The van der Waals surface area contributed by atoms with Crippen LogP contribution in [0.2, 0.25) is 5.02 Å². The van der Waals surface area contributed by atoms with Crippen LogP contribution in [-0.4, -0.2) is 30.0 Å². The number of nitrogens with zero attached hydrogens (tertiary/aromatic N) is 1. The van der Waals surface area contributed by atoms with Crippen molar-refractivity contribution in [2.45, 2.75) is 32.4 Å². The van der Waals surface area contributed by atoms with E-state index in [-0.39, 0.29) is 5.91 Å². The van der Waals surface area contributed by atoms with Crippen molar-refractivity contribution in [3.63, 3.8) is 0 Å². The number of rotatable bonds is 6. The van der Waals surface area contributed by atoms with E-state index in [1.165, 1.54) is 17.8 Å². The van der Waals surface area contributed by atoms with Gasteiger partial charge in [-0.3, -0.25) is 4.79 Å². The van der Waals surface area contributed by atoms with Crippen LogP contribution in [0, 0.1) is 6.92 Å². The van der Waals surface area contributed by atoms with Gasteiger partial charge in [0.1, 0.15) is 22.2 Å². The van der Waals surface area contributed by atoms with Gasteiger partial charge in [0, 0.05) is 17.6 Å². The fraction of sp³-hybridized carbons (Fsp3) is 0.412. The van der Waals surface area contributed by atoms with E-state index in [4.69, 9.17) is 16.3 Å². The molecule has 0 saturated carbocycles. The molecule has 1 atom stereocenters. The largest absolute Gasteiger partial charge is 0.486 e. The van der Waals surface area contributed by atoms with Gasteiger partial charge >= 0.3 is 0 Å². The molecule has 2 aromatic rings. The van der Waals surface area contributed by atoms with Crippen molar-refractivity contribution in [2.75, 3.05) is 13.1 Å². The Bertz CT molecular complexity index is 696. The van der Waals surface area contributed by atoms with Gasteiger partial charge in [0.2, 0.25) is 0 Å². The molecule has 1 aromatic carbocycles. The Kier molecular flexibility index (Phi) is 5.71. The molecule has 1 unspecified atom stereocenters. The van der Waals surface area contributed by atoms with Gasteiger partial charge < -0.3 is 15.4 Å². The Balaban J connectivity index is 1.55. The third-order valence-corrected chi connectivity index (χ3v) is 5.28. The van der Waals surface area contributed by atoms with Crippen LogP contribution in [0.15, 0.2) is 24.3 Å². The lowest BCUT2D eigenvalue weighted by molar-refractivity contribution is 0.0953. The number of benzene rings is 1. The van der Waals surface area contributed by atoms with Crippen LogP contribution in [0.3, 0.4) is 0 Å². The number of nitrogens with one attached hydrogen (secondary N) is 2. The fourth-order valence-corrected chi connectivity index (χ4v) is 3.65. The highest BCUT2D eigenvalue weighted by Crippen LogP contribution is 2.21. The number of thiazole rings is 1. The molecule has 2 N–H and O–H groups in total. The Labute approximate surface area is 150 Å². The molecular formula is C17H20ClN3O2S. The summed E-state index contributed by atoms with van der Waals surface area (Å²) in [6, 6.07) is 7.56. The SMILES string of the molecule is Cc1nc(COc2ccc(Cl)cc2)sc1C(=O)NCC1CCCN1. The minimum atomic E-state index is -0.0588.